The highest BCUT2D eigenvalue weighted by Gasteiger charge is 2.28. The number of hydrogen-bond acceptors (Lipinski definition) is 5. The van der Waals surface area contributed by atoms with E-state index in [4.69, 9.17) is 5.73 Å². The molecule has 4 rings (SSSR count). The molecule has 5 nitrogen and oxygen atoms in total. The number of fused-ring (bicyclic) bond motifs is 1. The van der Waals surface area contributed by atoms with E-state index in [-0.39, 0.29) is 17.8 Å². The zero-order chi connectivity index (χ0) is 23.9. The average Bonchev–Trinajstić information content (AvgIpc) is 3.21. The molecule has 2 aliphatic rings. The molecule has 3 N–H and O–H groups in total. The Hall–Kier alpha value is -2.25. The van der Waals surface area contributed by atoms with Gasteiger partial charge in [0.25, 0.3) is 0 Å². The van der Waals surface area contributed by atoms with E-state index in [1.165, 1.54) is 42.0 Å². The fourth-order valence-corrected chi connectivity index (χ4v) is 6.37. The van der Waals surface area contributed by atoms with Gasteiger partial charge in [0, 0.05) is 28.6 Å². The van der Waals surface area contributed by atoms with E-state index in [1.54, 1.807) is 35.6 Å². The summed E-state index contributed by atoms with van der Waals surface area (Å²) in [5.41, 5.74) is 7.59. The predicted octanol–water partition coefficient (Wildman–Crippen LogP) is 5.21. The van der Waals surface area contributed by atoms with Crippen LogP contribution in [-0.4, -0.2) is 41.0 Å². The maximum Gasteiger partial charge on any atom is 0.244 e. The summed E-state index contributed by atoms with van der Waals surface area (Å²) in [6, 6.07) is 7.31. The molecule has 1 aromatic heterocycles. The van der Waals surface area contributed by atoms with Crippen LogP contribution in [0.25, 0.3) is 6.08 Å². The number of carbonyl (C=O) groups excluding carboxylic acids is 1. The van der Waals surface area contributed by atoms with Crippen LogP contribution in [0.3, 0.4) is 0 Å². The van der Waals surface area contributed by atoms with Gasteiger partial charge in [-0.05, 0) is 88.9 Å². The van der Waals surface area contributed by atoms with Gasteiger partial charge in [-0.25, -0.2) is 9.37 Å². The van der Waals surface area contributed by atoms with E-state index in [9.17, 15) is 9.18 Å². The molecule has 1 amide bonds. The minimum atomic E-state index is -0.311. The lowest BCUT2D eigenvalue weighted by atomic mass is 9.83. The Labute approximate surface area is 206 Å². The summed E-state index contributed by atoms with van der Waals surface area (Å²) >= 11 is 1.67. The van der Waals surface area contributed by atoms with Crippen molar-refractivity contribution in [3.63, 3.8) is 0 Å². The van der Waals surface area contributed by atoms with Gasteiger partial charge in [0.15, 0.2) is 5.13 Å². The minimum Gasteiger partial charge on any atom is -0.375 e. The number of nitrogens with two attached hydrogens (primary N) is 1. The second-order valence-corrected chi connectivity index (χ2v) is 10.8. The summed E-state index contributed by atoms with van der Waals surface area (Å²) in [4.78, 5) is 20.9. The number of nitrogen functional groups attached to an aromatic ring is 1. The molecule has 1 heterocycles. The van der Waals surface area contributed by atoms with Crippen LogP contribution in [0.5, 0.6) is 0 Å². The van der Waals surface area contributed by atoms with Gasteiger partial charge in [-0.2, -0.15) is 0 Å². The molecule has 1 fully saturated rings. The van der Waals surface area contributed by atoms with Crippen LogP contribution in [0.15, 0.2) is 30.3 Å². The van der Waals surface area contributed by atoms with E-state index in [2.05, 4.69) is 22.1 Å². The Morgan fingerprint density at radius 2 is 2.03 bits per heavy atom. The molecule has 1 saturated carbocycles. The van der Waals surface area contributed by atoms with Gasteiger partial charge in [0.2, 0.25) is 5.91 Å². The summed E-state index contributed by atoms with van der Waals surface area (Å²) in [6.07, 6.45) is 13.0. The number of amides is 1. The van der Waals surface area contributed by atoms with Crippen molar-refractivity contribution in [1.82, 2.24) is 15.2 Å². The number of benzene rings is 1. The van der Waals surface area contributed by atoms with Crippen LogP contribution in [-0.2, 0) is 17.6 Å². The third-order valence-corrected chi connectivity index (χ3v) is 8.24. The first-order valence-electron chi connectivity index (χ1n) is 12.7. The van der Waals surface area contributed by atoms with Crippen LogP contribution in [0.1, 0.15) is 68.0 Å². The fraction of sp³-hybridized carbons (Fsp3) is 0.556. The number of hydrogen-bond donors (Lipinski definition) is 2. The topological polar surface area (TPSA) is 71.2 Å². The average molecular weight is 485 g/mol. The molecule has 34 heavy (non-hydrogen) atoms. The van der Waals surface area contributed by atoms with Crippen LogP contribution in [0.4, 0.5) is 9.52 Å². The molecule has 7 heteroatoms. The molecule has 1 atom stereocenters. The zero-order valence-electron chi connectivity index (χ0n) is 20.1. The number of thiazole rings is 1. The highest BCUT2D eigenvalue weighted by Crippen LogP contribution is 2.32. The van der Waals surface area contributed by atoms with E-state index in [0.717, 1.165) is 57.5 Å². The molecule has 0 radical (unpaired) electrons. The molecule has 1 aromatic carbocycles. The van der Waals surface area contributed by atoms with Crippen molar-refractivity contribution < 1.29 is 9.18 Å². The van der Waals surface area contributed by atoms with Crippen molar-refractivity contribution >= 4 is 28.5 Å². The van der Waals surface area contributed by atoms with Gasteiger partial charge >= 0.3 is 0 Å². The molecule has 0 spiro atoms. The van der Waals surface area contributed by atoms with E-state index in [0.29, 0.717) is 16.7 Å². The minimum absolute atomic E-state index is 0.138. The molecule has 1 unspecified atom stereocenters. The van der Waals surface area contributed by atoms with Gasteiger partial charge in [0.05, 0.1) is 5.69 Å². The molecule has 0 bridgehead atoms. The van der Waals surface area contributed by atoms with Crippen LogP contribution < -0.4 is 11.1 Å². The largest absolute Gasteiger partial charge is 0.375 e. The first kappa shape index (κ1) is 24.9. The number of carbonyl (C=O) groups is 1. The standard InChI is InChI=1S/C27H37FN4OS/c1-2-16-32(22-12-13-24-25(18-22)34-27(29)31-24)17-15-19-7-10-21(11-8-19)30-26(33)14-9-20-5-3-4-6-23(20)28/h3-6,9,14,19,21-22H,2,7-8,10-13,15-18H2,1H3,(H2,29,31)(H,30,33)/b14-9+. The summed E-state index contributed by atoms with van der Waals surface area (Å²) in [7, 11) is 0. The highest BCUT2D eigenvalue weighted by atomic mass is 32.1. The van der Waals surface area contributed by atoms with Crippen LogP contribution >= 0.6 is 11.3 Å². The van der Waals surface area contributed by atoms with Crippen molar-refractivity contribution in [2.24, 2.45) is 5.92 Å². The van der Waals surface area contributed by atoms with Crippen molar-refractivity contribution in [3.05, 3.63) is 52.3 Å². The number of rotatable bonds is 9. The summed E-state index contributed by atoms with van der Waals surface area (Å²) in [5.74, 6) is 0.273. The number of aryl methyl sites for hydroxylation is 1. The molecule has 184 valence electrons. The van der Waals surface area contributed by atoms with Gasteiger partial charge < -0.3 is 16.0 Å². The molecule has 0 aliphatic heterocycles. The van der Waals surface area contributed by atoms with Crippen LogP contribution in [0, 0.1) is 11.7 Å². The molecule has 0 saturated heterocycles. The molecular weight excluding hydrogens is 447 g/mol. The van der Waals surface area contributed by atoms with Crippen molar-refractivity contribution in [3.8, 4) is 0 Å². The lowest BCUT2D eigenvalue weighted by Crippen LogP contribution is -2.41. The quantitative estimate of drug-likeness (QED) is 0.479. The normalized spacial score (nSPS) is 22.7. The number of halogens is 1. The molecule has 2 aromatic rings. The lowest BCUT2D eigenvalue weighted by molar-refractivity contribution is -0.117. The van der Waals surface area contributed by atoms with Gasteiger partial charge in [-0.15, -0.1) is 11.3 Å². The number of nitrogens with one attached hydrogen (secondary N) is 1. The highest BCUT2D eigenvalue weighted by molar-refractivity contribution is 7.15. The first-order chi connectivity index (χ1) is 16.5. The Balaban J connectivity index is 1.20. The van der Waals surface area contributed by atoms with E-state index < -0.39 is 0 Å². The number of anilines is 1. The fourth-order valence-electron chi connectivity index (χ4n) is 5.42. The second-order valence-electron chi connectivity index (χ2n) is 9.72. The Morgan fingerprint density at radius 1 is 1.24 bits per heavy atom. The lowest BCUT2D eigenvalue weighted by Gasteiger charge is -2.36. The number of nitrogens with zero attached hydrogens (tertiary/aromatic N) is 2. The van der Waals surface area contributed by atoms with E-state index >= 15 is 0 Å². The molecule has 2 aliphatic carbocycles. The zero-order valence-corrected chi connectivity index (χ0v) is 21.0. The molecular formula is C27H37FN4OS. The predicted molar refractivity (Wildman–Crippen MR) is 138 cm³/mol. The van der Waals surface area contributed by atoms with Gasteiger partial charge in [-0.3, -0.25) is 4.79 Å². The summed E-state index contributed by atoms with van der Waals surface area (Å²) < 4.78 is 13.7. The van der Waals surface area contributed by atoms with Gasteiger partial charge in [-0.1, -0.05) is 25.1 Å². The van der Waals surface area contributed by atoms with E-state index in [1.807, 2.05) is 0 Å². The Bertz CT molecular complexity index is 983. The summed E-state index contributed by atoms with van der Waals surface area (Å²) in [6.45, 7) is 4.56. The second kappa shape index (κ2) is 11.9. The van der Waals surface area contributed by atoms with Crippen molar-refractivity contribution in [2.75, 3.05) is 18.8 Å². The maximum absolute atomic E-state index is 13.7. The first-order valence-corrected chi connectivity index (χ1v) is 13.5. The number of aromatic nitrogens is 1. The Kier molecular flexibility index (Phi) is 8.73. The van der Waals surface area contributed by atoms with Crippen molar-refractivity contribution in [1.29, 1.82) is 0 Å². The smallest absolute Gasteiger partial charge is 0.244 e. The van der Waals surface area contributed by atoms with Gasteiger partial charge in [0.1, 0.15) is 5.82 Å². The maximum atomic E-state index is 13.7. The Morgan fingerprint density at radius 3 is 2.79 bits per heavy atom. The third-order valence-electron chi connectivity index (χ3n) is 7.29. The monoisotopic (exact) mass is 484 g/mol. The SMILES string of the molecule is CCCN(CCC1CCC(NC(=O)/C=C/c2ccccc2F)CC1)C1CCc2nc(N)sc2C1. The van der Waals surface area contributed by atoms with Crippen LogP contribution in [0.2, 0.25) is 0 Å². The van der Waals surface area contributed by atoms with Crippen molar-refractivity contribution in [2.45, 2.75) is 76.8 Å². The summed E-state index contributed by atoms with van der Waals surface area (Å²) in [5, 5.41) is 3.81. The third kappa shape index (κ3) is 6.66.